The minimum Gasteiger partial charge on any atom is -0.324 e. The number of benzene rings is 1. The topological polar surface area (TPSA) is 17.8 Å². The Labute approximate surface area is 111 Å². The highest BCUT2D eigenvalue weighted by Crippen LogP contribution is 2.47. The molecule has 1 aromatic carbocycles. The van der Waals surface area contributed by atoms with E-state index in [1.54, 1.807) is 6.07 Å². The van der Waals surface area contributed by atoms with Crippen LogP contribution in [0.15, 0.2) is 18.2 Å². The van der Waals surface area contributed by atoms with E-state index in [0.717, 1.165) is 11.3 Å². The number of aromatic nitrogens is 2. The predicted octanol–water partition coefficient (Wildman–Crippen LogP) is 3.93. The Morgan fingerprint density at radius 1 is 1.50 bits per heavy atom. The van der Waals surface area contributed by atoms with Crippen molar-refractivity contribution in [2.24, 2.45) is 5.92 Å². The van der Waals surface area contributed by atoms with Gasteiger partial charge in [-0.2, -0.15) is 0 Å². The highest BCUT2D eigenvalue weighted by Gasteiger charge is 2.39. The Morgan fingerprint density at radius 3 is 3.00 bits per heavy atom. The number of alkyl halides is 1. The molecule has 96 valence electrons. The van der Waals surface area contributed by atoms with E-state index in [0.29, 0.717) is 29.8 Å². The first-order valence-corrected chi connectivity index (χ1v) is 7.01. The minimum absolute atomic E-state index is 0.240. The summed E-state index contributed by atoms with van der Waals surface area (Å²) in [5, 5.41) is 0. The Bertz CT molecular complexity index is 578. The molecule has 4 heteroatoms. The molecular weight excluding hydrogens is 251 g/mol. The summed E-state index contributed by atoms with van der Waals surface area (Å²) in [7, 11) is 0. The van der Waals surface area contributed by atoms with Gasteiger partial charge in [-0.15, -0.1) is 11.6 Å². The molecule has 1 aromatic heterocycles. The van der Waals surface area contributed by atoms with E-state index in [9.17, 15) is 4.39 Å². The van der Waals surface area contributed by atoms with Crippen LogP contribution in [0, 0.1) is 11.7 Å². The van der Waals surface area contributed by atoms with E-state index in [4.69, 9.17) is 11.6 Å². The average molecular weight is 267 g/mol. The highest BCUT2D eigenvalue weighted by atomic mass is 35.5. The molecule has 2 unspecified atom stereocenters. The van der Waals surface area contributed by atoms with Gasteiger partial charge in [0.2, 0.25) is 0 Å². The predicted molar refractivity (Wildman–Crippen MR) is 71.6 cm³/mol. The standard InChI is InChI=1S/C14H16ClFN2/c1-2-9-8-12(9)18-11-5-3-4-10(16)14(11)17-13(18)6-7-15/h3-5,9,12H,2,6-8H2,1H3. The molecule has 1 aliphatic rings. The molecule has 18 heavy (non-hydrogen) atoms. The number of aryl methyl sites for hydroxylation is 1. The van der Waals surface area contributed by atoms with Gasteiger partial charge in [-0.05, 0) is 24.5 Å². The lowest BCUT2D eigenvalue weighted by atomic mass is 10.3. The van der Waals surface area contributed by atoms with Crippen LogP contribution in [0.3, 0.4) is 0 Å². The Hall–Kier alpha value is -1.09. The van der Waals surface area contributed by atoms with Gasteiger partial charge in [0.15, 0.2) is 5.82 Å². The lowest BCUT2D eigenvalue weighted by Gasteiger charge is -2.07. The number of fused-ring (bicyclic) bond motifs is 1. The van der Waals surface area contributed by atoms with Crippen LogP contribution < -0.4 is 0 Å². The third-order valence-electron chi connectivity index (χ3n) is 3.80. The van der Waals surface area contributed by atoms with E-state index < -0.39 is 0 Å². The Morgan fingerprint density at radius 2 is 2.33 bits per heavy atom. The number of hydrogen-bond acceptors (Lipinski definition) is 1. The van der Waals surface area contributed by atoms with Crippen molar-refractivity contribution in [2.75, 3.05) is 5.88 Å². The fourth-order valence-corrected chi connectivity index (χ4v) is 2.92. The van der Waals surface area contributed by atoms with Gasteiger partial charge >= 0.3 is 0 Å². The average Bonchev–Trinajstić information content (AvgIpc) is 3.05. The number of rotatable bonds is 4. The van der Waals surface area contributed by atoms with Gasteiger partial charge in [0.25, 0.3) is 0 Å². The number of hydrogen-bond donors (Lipinski definition) is 0. The van der Waals surface area contributed by atoms with Crippen molar-refractivity contribution in [1.82, 2.24) is 9.55 Å². The fraction of sp³-hybridized carbons (Fsp3) is 0.500. The van der Waals surface area contributed by atoms with Crippen molar-refractivity contribution in [2.45, 2.75) is 32.2 Å². The molecule has 0 amide bonds. The van der Waals surface area contributed by atoms with Crippen molar-refractivity contribution in [3.8, 4) is 0 Å². The largest absolute Gasteiger partial charge is 0.324 e. The zero-order chi connectivity index (χ0) is 12.7. The van der Waals surface area contributed by atoms with E-state index in [2.05, 4.69) is 16.5 Å². The number of imidazole rings is 1. The van der Waals surface area contributed by atoms with Gasteiger partial charge in [-0.25, -0.2) is 9.37 Å². The first-order chi connectivity index (χ1) is 8.76. The maximum absolute atomic E-state index is 13.8. The van der Waals surface area contributed by atoms with Crippen LogP contribution in [-0.4, -0.2) is 15.4 Å². The van der Waals surface area contributed by atoms with Crippen molar-refractivity contribution >= 4 is 22.6 Å². The van der Waals surface area contributed by atoms with E-state index in [1.165, 1.54) is 18.9 Å². The molecule has 0 aliphatic heterocycles. The van der Waals surface area contributed by atoms with Gasteiger partial charge in [0.05, 0.1) is 5.52 Å². The van der Waals surface area contributed by atoms with Gasteiger partial charge < -0.3 is 4.57 Å². The summed E-state index contributed by atoms with van der Waals surface area (Å²) < 4.78 is 16.0. The summed E-state index contributed by atoms with van der Waals surface area (Å²) in [6.45, 7) is 2.20. The van der Waals surface area contributed by atoms with Crippen molar-refractivity contribution < 1.29 is 4.39 Å². The molecule has 1 fully saturated rings. The summed E-state index contributed by atoms with van der Waals surface area (Å²) in [6, 6.07) is 5.66. The summed E-state index contributed by atoms with van der Waals surface area (Å²) in [5.41, 5.74) is 1.40. The number of nitrogens with zero attached hydrogens (tertiary/aromatic N) is 2. The van der Waals surface area contributed by atoms with Crippen molar-refractivity contribution in [3.63, 3.8) is 0 Å². The maximum atomic E-state index is 13.8. The normalized spacial score (nSPS) is 22.6. The van der Waals surface area contributed by atoms with E-state index in [-0.39, 0.29) is 5.82 Å². The molecule has 0 radical (unpaired) electrons. The third kappa shape index (κ3) is 1.81. The molecule has 0 N–H and O–H groups in total. The van der Waals surface area contributed by atoms with Crippen LogP contribution in [-0.2, 0) is 6.42 Å². The SMILES string of the molecule is CCC1CC1n1c(CCCl)nc2c(F)cccc21. The summed E-state index contributed by atoms with van der Waals surface area (Å²) in [5.74, 6) is 1.91. The zero-order valence-corrected chi connectivity index (χ0v) is 11.1. The molecule has 0 bridgehead atoms. The van der Waals surface area contributed by atoms with Crippen LogP contribution in [0.2, 0.25) is 0 Å². The van der Waals surface area contributed by atoms with Gasteiger partial charge in [0, 0.05) is 18.3 Å². The molecule has 1 heterocycles. The molecular formula is C14H16ClFN2. The van der Waals surface area contributed by atoms with Crippen LogP contribution in [0.25, 0.3) is 11.0 Å². The molecule has 2 atom stereocenters. The van der Waals surface area contributed by atoms with Crippen LogP contribution in [0.5, 0.6) is 0 Å². The molecule has 2 aromatic rings. The summed E-state index contributed by atoms with van der Waals surface area (Å²) in [6.07, 6.45) is 3.04. The van der Waals surface area contributed by atoms with Gasteiger partial charge in [-0.1, -0.05) is 19.4 Å². The maximum Gasteiger partial charge on any atom is 0.151 e. The van der Waals surface area contributed by atoms with Crippen LogP contribution >= 0.6 is 11.6 Å². The van der Waals surface area contributed by atoms with E-state index >= 15 is 0 Å². The minimum atomic E-state index is -0.240. The Balaban J connectivity index is 2.14. The molecule has 0 saturated heterocycles. The second-order valence-electron chi connectivity index (χ2n) is 4.92. The quantitative estimate of drug-likeness (QED) is 0.767. The fourth-order valence-electron chi connectivity index (χ4n) is 2.75. The van der Waals surface area contributed by atoms with Crippen LogP contribution in [0.1, 0.15) is 31.6 Å². The van der Waals surface area contributed by atoms with Crippen LogP contribution in [0.4, 0.5) is 4.39 Å². The number of halogens is 2. The molecule has 1 saturated carbocycles. The smallest absolute Gasteiger partial charge is 0.151 e. The second kappa shape index (κ2) is 4.54. The summed E-state index contributed by atoms with van der Waals surface area (Å²) in [4.78, 5) is 4.44. The van der Waals surface area contributed by atoms with Gasteiger partial charge in [-0.3, -0.25) is 0 Å². The monoisotopic (exact) mass is 266 g/mol. The van der Waals surface area contributed by atoms with Crippen molar-refractivity contribution in [3.05, 3.63) is 29.8 Å². The first kappa shape index (κ1) is 12.0. The van der Waals surface area contributed by atoms with E-state index in [1.807, 2.05) is 6.07 Å². The second-order valence-corrected chi connectivity index (χ2v) is 5.29. The molecule has 2 nitrogen and oxygen atoms in total. The Kier molecular flexibility index (Phi) is 3.02. The molecule has 0 spiro atoms. The van der Waals surface area contributed by atoms with Crippen molar-refractivity contribution in [1.29, 1.82) is 0 Å². The number of para-hydroxylation sites is 1. The summed E-state index contributed by atoms with van der Waals surface area (Å²) >= 11 is 5.82. The molecule has 1 aliphatic carbocycles. The zero-order valence-electron chi connectivity index (χ0n) is 10.4. The van der Waals surface area contributed by atoms with Gasteiger partial charge in [0.1, 0.15) is 11.3 Å². The first-order valence-electron chi connectivity index (χ1n) is 6.47. The lowest BCUT2D eigenvalue weighted by Crippen LogP contribution is -2.03. The highest BCUT2D eigenvalue weighted by molar-refractivity contribution is 6.17. The molecule has 3 rings (SSSR count). The third-order valence-corrected chi connectivity index (χ3v) is 3.99. The lowest BCUT2D eigenvalue weighted by molar-refractivity contribution is 0.628.